The third-order valence-electron chi connectivity index (χ3n) is 4.85. The molecule has 0 radical (unpaired) electrons. The summed E-state index contributed by atoms with van der Waals surface area (Å²) in [6, 6.07) is 4.79. The van der Waals surface area contributed by atoms with Crippen LogP contribution < -0.4 is 10.2 Å². The predicted molar refractivity (Wildman–Crippen MR) is 116 cm³/mol. The summed E-state index contributed by atoms with van der Waals surface area (Å²) < 4.78 is 19.8. The zero-order valence-electron chi connectivity index (χ0n) is 16.2. The van der Waals surface area contributed by atoms with Gasteiger partial charge in [-0.15, -0.1) is 11.3 Å². The van der Waals surface area contributed by atoms with Crippen LogP contribution in [0.5, 0.6) is 0 Å². The fraction of sp³-hybridized carbons (Fsp3) is 0.350. The molecule has 1 fully saturated rings. The minimum atomic E-state index is -0.348. The number of fused-ring (bicyclic) bond motifs is 1. The van der Waals surface area contributed by atoms with Crippen molar-refractivity contribution >= 4 is 50.6 Å². The summed E-state index contributed by atoms with van der Waals surface area (Å²) in [5, 5.41) is 4.57. The number of carbonyl (C=O) groups excluding carboxylic acids is 1. The molecule has 1 N–H and O–H groups in total. The fourth-order valence-electron chi connectivity index (χ4n) is 3.24. The first-order valence-corrected chi connectivity index (χ1v) is 11.1. The molecule has 1 aliphatic heterocycles. The van der Waals surface area contributed by atoms with Gasteiger partial charge in [0.1, 0.15) is 22.0 Å². The highest BCUT2D eigenvalue weighted by Crippen LogP contribution is 2.34. The normalized spacial score (nSPS) is 14.4. The molecule has 0 spiro atoms. The van der Waals surface area contributed by atoms with Crippen molar-refractivity contribution in [2.75, 3.05) is 42.3 Å². The Kier molecular flexibility index (Phi) is 5.98. The van der Waals surface area contributed by atoms with Crippen LogP contribution in [0.4, 0.5) is 15.8 Å². The molecule has 29 heavy (non-hydrogen) atoms. The number of hydrogen-bond acceptors (Lipinski definition) is 7. The Morgan fingerprint density at radius 1 is 1.31 bits per heavy atom. The maximum absolute atomic E-state index is 14.5. The van der Waals surface area contributed by atoms with E-state index in [1.54, 1.807) is 23.5 Å². The molecule has 0 aliphatic carbocycles. The van der Waals surface area contributed by atoms with E-state index in [0.29, 0.717) is 37.7 Å². The first-order valence-electron chi connectivity index (χ1n) is 9.28. The van der Waals surface area contributed by atoms with Gasteiger partial charge >= 0.3 is 0 Å². The lowest BCUT2D eigenvalue weighted by molar-refractivity contribution is -0.113. The first-order chi connectivity index (χ1) is 14.0. The van der Waals surface area contributed by atoms with Crippen molar-refractivity contribution in [3.63, 3.8) is 0 Å². The monoisotopic (exact) mass is 432 g/mol. The number of halogens is 1. The van der Waals surface area contributed by atoms with Crippen LogP contribution in [0, 0.1) is 19.7 Å². The summed E-state index contributed by atoms with van der Waals surface area (Å²) in [4.78, 5) is 25.1. The maximum Gasteiger partial charge on any atom is 0.234 e. The lowest BCUT2D eigenvalue weighted by atomic mass is 10.2. The van der Waals surface area contributed by atoms with Crippen LogP contribution in [0.1, 0.15) is 10.4 Å². The molecule has 4 rings (SSSR count). The number of nitrogens with one attached hydrogen (secondary N) is 1. The number of aryl methyl sites for hydroxylation is 2. The van der Waals surface area contributed by atoms with E-state index in [1.165, 1.54) is 29.0 Å². The number of morpholine rings is 1. The van der Waals surface area contributed by atoms with E-state index in [9.17, 15) is 9.18 Å². The summed E-state index contributed by atoms with van der Waals surface area (Å²) in [6.07, 6.45) is 1.53. The highest BCUT2D eigenvalue weighted by atomic mass is 32.2. The predicted octanol–water partition coefficient (Wildman–Crippen LogP) is 4.01. The minimum absolute atomic E-state index is 0.188. The van der Waals surface area contributed by atoms with E-state index in [-0.39, 0.29) is 17.5 Å². The molecule has 152 valence electrons. The van der Waals surface area contributed by atoms with Gasteiger partial charge in [-0.1, -0.05) is 11.8 Å². The highest BCUT2D eigenvalue weighted by molar-refractivity contribution is 8.00. The van der Waals surface area contributed by atoms with E-state index in [2.05, 4.69) is 22.2 Å². The molecule has 0 bridgehead atoms. The zero-order valence-corrected chi connectivity index (χ0v) is 17.8. The molecular weight excluding hydrogens is 411 g/mol. The second-order valence-corrected chi connectivity index (χ2v) is 8.91. The number of thioether (sulfide) groups is 1. The number of rotatable bonds is 5. The lowest BCUT2D eigenvalue weighted by Gasteiger charge is -2.29. The van der Waals surface area contributed by atoms with Crippen LogP contribution in [0.15, 0.2) is 29.6 Å². The van der Waals surface area contributed by atoms with Gasteiger partial charge in [0.2, 0.25) is 5.91 Å². The van der Waals surface area contributed by atoms with Crippen molar-refractivity contribution in [1.82, 2.24) is 9.97 Å². The number of hydrogen-bond donors (Lipinski definition) is 1. The van der Waals surface area contributed by atoms with E-state index < -0.39 is 0 Å². The zero-order chi connectivity index (χ0) is 20.4. The largest absolute Gasteiger partial charge is 0.378 e. The minimum Gasteiger partial charge on any atom is -0.378 e. The number of carbonyl (C=O) groups is 1. The van der Waals surface area contributed by atoms with Gasteiger partial charge in [-0.2, -0.15) is 0 Å². The molecular formula is C20H21FN4O2S2. The first kappa shape index (κ1) is 20.1. The van der Waals surface area contributed by atoms with Crippen molar-refractivity contribution in [2.45, 2.75) is 18.9 Å². The van der Waals surface area contributed by atoms with Gasteiger partial charge in [0.15, 0.2) is 0 Å². The summed E-state index contributed by atoms with van der Waals surface area (Å²) in [6.45, 7) is 6.60. The van der Waals surface area contributed by atoms with Crippen molar-refractivity contribution < 1.29 is 13.9 Å². The Labute approximate surface area is 176 Å². The molecule has 9 heteroatoms. The number of ether oxygens (including phenoxy) is 1. The second kappa shape index (κ2) is 8.64. The van der Waals surface area contributed by atoms with E-state index in [0.717, 1.165) is 20.8 Å². The number of benzene rings is 1. The third kappa shape index (κ3) is 4.36. The average molecular weight is 433 g/mol. The average Bonchev–Trinajstić information content (AvgIpc) is 3.01. The Morgan fingerprint density at radius 2 is 2.10 bits per heavy atom. The fourth-order valence-corrected chi connectivity index (χ4v) is 5.15. The van der Waals surface area contributed by atoms with Gasteiger partial charge in [0, 0.05) is 29.0 Å². The summed E-state index contributed by atoms with van der Waals surface area (Å²) in [5.41, 5.74) is 2.13. The number of anilines is 2. The molecule has 0 saturated carbocycles. The lowest BCUT2D eigenvalue weighted by Crippen LogP contribution is -2.36. The van der Waals surface area contributed by atoms with Crippen molar-refractivity contribution in [3.8, 4) is 0 Å². The number of thiophene rings is 1. The topological polar surface area (TPSA) is 67.4 Å². The van der Waals surface area contributed by atoms with Crippen molar-refractivity contribution in [2.24, 2.45) is 0 Å². The summed E-state index contributed by atoms with van der Waals surface area (Å²) in [7, 11) is 0. The van der Waals surface area contributed by atoms with Crippen LogP contribution in [-0.4, -0.2) is 47.9 Å². The molecule has 1 amide bonds. The molecule has 6 nitrogen and oxygen atoms in total. The van der Waals surface area contributed by atoms with E-state index in [1.807, 2.05) is 11.8 Å². The van der Waals surface area contributed by atoms with Crippen LogP contribution in [-0.2, 0) is 9.53 Å². The molecule has 1 aromatic carbocycles. The summed E-state index contributed by atoms with van der Waals surface area (Å²) in [5.74, 6) is -0.364. The van der Waals surface area contributed by atoms with Gasteiger partial charge in [0.05, 0.1) is 24.7 Å². The van der Waals surface area contributed by atoms with Gasteiger partial charge in [-0.05, 0) is 37.6 Å². The number of aromatic nitrogens is 2. The number of amides is 1. The second-order valence-electron chi connectivity index (χ2n) is 6.74. The van der Waals surface area contributed by atoms with E-state index in [4.69, 9.17) is 4.74 Å². The van der Waals surface area contributed by atoms with Crippen LogP contribution in [0.2, 0.25) is 0 Å². The Balaban J connectivity index is 1.41. The quantitative estimate of drug-likeness (QED) is 0.485. The molecule has 2 aromatic heterocycles. The van der Waals surface area contributed by atoms with E-state index >= 15 is 0 Å². The molecule has 1 saturated heterocycles. The maximum atomic E-state index is 14.5. The summed E-state index contributed by atoms with van der Waals surface area (Å²) >= 11 is 2.99. The molecule has 3 heterocycles. The molecule has 3 aromatic rings. The van der Waals surface area contributed by atoms with Crippen molar-refractivity contribution in [1.29, 1.82) is 0 Å². The molecule has 0 atom stereocenters. The van der Waals surface area contributed by atoms with Gasteiger partial charge in [-0.25, -0.2) is 14.4 Å². The van der Waals surface area contributed by atoms with Gasteiger partial charge in [-0.3, -0.25) is 4.79 Å². The third-order valence-corrected chi connectivity index (χ3v) is 6.96. The SMILES string of the molecule is Cc1sc2ncnc(SCC(=O)Nc3ccc(N4CCOCC4)c(F)c3)c2c1C. The van der Waals surface area contributed by atoms with Crippen LogP contribution in [0.25, 0.3) is 10.2 Å². The molecule has 0 unspecified atom stereocenters. The Hall–Kier alpha value is -2.23. The Morgan fingerprint density at radius 3 is 2.86 bits per heavy atom. The Bertz CT molecular complexity index is 1050. The van der Waals surface area contributed by atoms with Crippen molar-refractivity contribution in [3.05, 3.63) is 40.8 Å². The standard InChI is InChI=1S/C20H21FN4O2S2/c1-12-13(2)29-20-18(12)19(22-11-23-20)28-10-17(26)24-14-3-4-16(15(21)9-14)25-5-7-27-8-6-25/h3-4,9,11H,5-8,10H2,1-2H3,(H,24,26). The highest BCUT2D eigenvalue weighted by Gasteiger charge is 2.17. The van der Waals surface area contributed by atoms with Gasteiger partial charge in [0.25, 0.3) is 0 Å². The van der Waals surface area contributed by atoms with Crippen LogP contribution >= 0.6 is 23.1 Å². The van der Waals surface area contributed by atoms with Gasteiger partial charge < -0.3 is 15.0 Å². The van der Waals surface area contributed by atoms with Crippen LogP contribution in [0.3, 0.4) is 0 Å². The smallest absolute Gasteiger partial charge is 0.234 e. The number of nitrogens with zero attached hydrogens (tertiary/aromatic N) is 3. The molecule has 1 aliphatic rings.